The van der Waals surface area contributed by atoms with E-state index in [4.69, 9.17) is 9.15 Å². The van der Waals surface area contributed by atoms with Gasteiger partial charge in [0.15, 0.2) is 29.1 Å². The Balaban J connectivity index is 1.54. The van der Waals surface area contributed by atoms with E-state index in [0.717, 1.165) is 11.6 Å². The van der Waals surface area contributed by atoms with Crippen LogP contribution in [0.3, 0.4) is 0 Å². The predicted molar refractivity (Wildman–Crippen MR) is 130 cm³/mol. The molecule has 0 bridgehead atoms. The molecule has 194 valence electrons. The van der Waals surface area contributed by atoms with Crippen LogP contribution in [0.1, 0.15) is 24.1 Å². The van der Waals surface area contributed by atoms with Crippen LogP contribution in [-0.2, 0) is 14.3 Å². The average molecular weight is 520 g/mol. The summed E-state index contributed by atoms with van der Waals surface area (Å²) >= 11 is 0. The number of fused-ring (bicyclic) bond motifs is 7. The van der Waals surface area contributed by atoms with Gasteiger partial charge in [-0.2, -0.15) is 5.01 Å². The minimum absolute atomic E-state index is 0.0514. The molecule has 2 saturated heterocycles. The van der Waals surface area contributed by atoms with Gasteiger partial charge in [-0.3, -0.25) is 14.6 Å². The van der Waals surface area contributed by atoms with E-state index in [9.17, 15) is 19.1 Å². The first-order valence-corrected chi connectivity index (χ1v) is 12.4. The normalized spacial score (nSPS) is 28.3. The lowest BCUT2D eigenvalue weighted by atomic mass is 9.85. The van der Waals surface area contributed by atoms with Crippen LogP contribution in [0.5, 0.6) is 0 Å². The fourth-order valence-corrected chi connectivity index (χ4v) is 6.21. The smallest absolute Gasteiger partial charge is 0.251 e. The largest absolute Gasteiger partial charge is 0.464 e. The van der Waals surface area contributed by atoms with Crippen molar-refractivity contribution in [1.29, 1.82) is 0 Å². The second kappa shape index (κ2) is 8.07. The third kappa shape index (κ3) is 2.99. The summed E-state index contributed by atoms with van der Waals surface area (Å²) in [5.41, 5.74) is 0.284. The van der Waals surface area contributed by atoms with Crippen LogP contribution in [0.15, 0.2) is 65.4 Å². The van der Waals surface area contributed by atoms with Crippen LogP contribution < -0.4 is 0 Å². The number of morpholine rings is 1. The van der Waals surface area contributed by atoms with Gasteiger partial charge in [0.25, 0.3) is 5.91 Å². The van der Waals surface area contributed by atoms with Gasteiger partial charge in [0.1, 0.15) is 11.9 Å². The summed E-state index contributed by atoms with van der Waals surface area (Å²) < 4.78 is 41.9. The van der Waals surface area contributed by atoms with Gasteiger partial charge in [-0.05, 0) is 30.2 Å². The van der Waals surface area contributed by atoms with Crippen molar-refractivity contribution < 1.29 is 32.6 Å². The van der Waals surface area contributed by atoms with E-state index >= 15 is 4.39 Å². The lowest BCUT2D eigenvalue weighted by Gasteiger charge is -2.59. The second-order valence-electron chi connectivity index (χ2n) is 10.1. The highest BCUT2D eigenvalue weighted by atomic mass is 19.2. The molecule has 3 aliphatic heterocycles. The van der Waals surface area contributed by atoms with Crippen molar-refractivity contribution in [3.8, 4) is 22.5 Å². The summed E-state index contributed by atoms with van der Waals surface area (Å²) in [7, 11) is 0. The Morgan fingerprint density at radius 1 is 1.05 bits per heavy atom. The number of ketones is 1. The number of furan rings is 1. The highest BCUT2D eigenvalue weighted by Gasteiger charge is 2.58. The third-order valence-corrected chi connectivity index (χ3v) is 7.99. The van der Waals surface area contributed by atoms with Crippen molar-refractivity contribution in [2.24, 2.45) is 0 Å². The van der Waals surface area contributed by atoms with Crippen LogP contribution in [-0.4, -0.2) is 69.3 Å². The maximum atomic E-state index is 15.6. The van der Waals surface area contributed by atoms with Crippen LogP contribution in [0.25, 0.3) is 22.5 Å². The fraction of sp³-hybridized carbons (Fsp3) is 0.286. The zero-order valence-electron chi connectivity index (χ0n) is 20.3. The molecule has 10 heteroatoms. The molecular weight excluding hydrogens is 496 g/mol. The first-order valence-electron chi connectivity index (χ1n) is 12.4. The maximum absolute atomic E-state index is 15.6. The molecule has 1 aromatic heterocycles. The summed E-state index contributed by atoms with van der Waals surface area (Å²) in [5, 5.41) is 14.7. The minimum atomic E-state index is -2.01. The van der Waals surface area contributed by atoms with Gasteiger partial charge >= 0.3 is 0 Å². The van der Waals surface area contributed by atoms with E-state index in [1.165, 1.54) is 31.5 Å². The Morgan fingerprint density at radius 2 is 1.87 bits per heavy atom. The number of carbonyl (C=O) groups is 2. The monoisotopic (exact) mass is 519 g/mol. The van der Waals surface area contributed by atoms with Crippen molar-refractivity contribution in [2.75, 3.05) is 19.8 Å². The molecule has 8 nitrogen and oxygen atoms in total. The fourth-order valence-electron chi connectivity index (χ4n) is 6.21. The Labute approximate surface area is 216 Å². The van der Waals surface area contributed by atoms with Gasteiger partial charge in [-0.1, -0.05) is 30.3 Å². The molecule has 0 radical (unpaired) electrons. The average Bonchev–Trinajstić information content (AvgIpc) is 3.35. The number of nitrogens with zero attached hydrogens (tertiary/aromatic N) is 3. The molecule has 3 aromatic rings. The van der Waals surface area contributed by atoms with Gasteiger partial charge in [0.2, 0.25) is 0 Å². The molecule has 4 aliphatic rings. The number of amides is 1. The third-order valence-electron chi connectivity index (χ3n) is 7.99. The number of aliphatic hydroxyl groups is 1. The SMILES string of the molecule is CC1(O)C(=O)C=CN2C1C(=O)N1CCOCC1N2C1c2ccccc2-c2occc2-c2c1ccc(F)c2F. The number of rotatable bonds is 1. The second-order valence-corrected chi connectivity index (χ2v) is 10.1. The van der Waals surface area contributed by atoms with E-state index in [1.807, 2.05) is 29.3 Å². The Kier molecular flexibility index (Phi) is 4.94. The molecule has 1 aliphatic carbocycles. The number of carbonyl (C=O) groups excluding carboxylic acids is 2. The van der Waals surface area contributed by atoms with E-state index < -0.39 is 47.2 Å². The molecule has 4 unspecified atom stereocenters. The van der Waals surface area contributed by atoms with Crippen molar-refractivity contribution in [2.45, 2.75) is 30.8 Å². The first kappa shape index (κ1) is 23.3. The molecule has 0 spiro atoms. The van der Waals surface area contributed by atoms with Gasteiger partial charge in [0, 0.05) is 35.5 Å². The maximum Gasteiger partial charge on any atom is 0.251 e. The van der Waals surface area contributed by atoms with Crippen molar-refractivity contribution in [3.63, 3.8) is 0 Å². The number of benzene rings is 2. The van der Waals surface area contributed by atoms with Gasteiger partial charge in [-0.25, -0.2) is 8.78 Å². The minimum Gasteiger partial charge on any atom is -0.464 e. The number of hydrogen-bond donors (Lipinski definition) is 1. The summed E-state index contributed by atoms with van der Waals surface area (Å²) in [6.45, 7) is 2.01. The Bertz CT molecular complexity index is 1530. The van der Waals surface area contributed by atoms with Crippen molar-refractivity contribution >= 4 is 11.7 Å². The highest BCUT2D eigenvalue weighted by Crippen LogP contribution is 2.51. The van der Waals surface area contributed by atoms with Crippen LogP contribution >= 0.6 is 0 Å². The van der Waals surface area contributed by atoms with Gasteiger partial charge in [0.05, 0.1) is 25.5 Å². The van der Waals surface area contributed by atoms with E-state index in [1.54, 1.807) is 16.0 Å². The Morgan fingerprint density at radius 3 is 2.71 bits per heavy atom. The molecule has 38 heavy (non-hydrogen) atoms. The van der Waals surface area contributed by atoms with Crippen molar-refractivity contribution in [3.05, 3.63) is 83.8 Å². The first-order chi connectivity index (χ1) is 18.3. The quantitative estimate of drug-likeness (QED) is 0.529. The van der Waals surface area contributed by atoms with E-state index in [0.29, 0.717) is 29.1 Å². The number of halogens is 2. The molecule has 2 fully saturated rings. The summed E-state index contributed by atoms with van der Waals surface area (Å²) in [6.07, 6.45) is 3.50. The standard InChI is InChI=1S/C28H23F2N3O5/c1-28(36)20(34)8-10-32-26(28)27(35)31-11-13-37-14-21(31)33(32)24-15-4-2-3-5-16(15)25-18(9-12-38-25)22-17(24)6-7-19(29)23(22)30/h2-10,12,21,24,26,36H,11,13-14H2,1H3. The van der Waals surface area contributed by atoms with E-state index in [-0.39, 0.29) is 18.7 Å². The molecule has 4 atom stereocenters. The van der Waals surface area contributed by atoms with Gasteiger partial charge < -0.3 is 19.2 Å². The highest BCUT2D eigenvalue weighted by molar-refractivity contribution is 6.03. The Hall–Kier alpha value is -3.86. The molecule has 0 saturated carbocycles. The summed E-state index contributed by atoms with van der Waals surface area (Å²) in [5.74, 6) is -2.61. The molecule has 2 aromatic carbocycles. The lowest BCUT2D eigenvalue weighted by Crippen LogP contribution is -2.77. The molecular formula is C28H23F2N3O5. The van der Waals surface area contributed by atoms with Crippen LogP contribution in [0, 0.1) is 11.6 Å². The topological polar surface area (TPSA) is 86.5 Å². The van der Waals surface area contributed by atoms with Crippen molar-refractivity contribution in [1.82, 2.24) is 14.9 Å². The zero-order valence-corrected chi connectivity index (χ0v) is 20.3. The van der Waals surface area contributed by atoms with Crippen LogP contribution in [0.4, 0.5) is 8.78 Å². The van der Waals surface area contributed by atoms with Gasteiger partial charge in [-0.15, -0.1) is 0 Å². The number of hydrogen-bond acceptors (Lipinski definition) is 7. The van der Waals surface area contributed by atoms with E-state index in [2.05, 4.69) is 0 Å². The number of hydrazine groups is 1. The number of ether oxygens (including phenoxy) is 1. The zero-order chi connectivity index (χ0) is 26.3. The predicted octanol–water partition coefficient (Wildman–Crippen LogP) is 3.23. The molecule has 1 amide bonds. The molecule has 4 heterocycles. The molecule has 1 N–H and O–H groups in total. The van der Waals surface area contributed by atoms with Crippen LogP contribution in [0.2, 0.25) is 0 Å². The summed E-state index contributed by atoms with van der Waals surface area (Å²) in [4.78, 5) is 28.0. The lowest BCUT2D eigenvalue weighted by molar-refractivity contribution is -0.234. The molecule has 7 rings (SSSR count). The summed E-state index contributed by atoms with van der Waals surface area (Å²) in [6, 6.07) is 9.60.